The van der Waals surface area contributed by atoms with Gasteiger partial charge in [-0.1, -0.05) is 11.6 Å². The molecule has 1 N–H and O–H groups in total. The molecule has 86 valence electrons. The molecule has 0 aliphatic rings. The molecule has 6 heteroatoms. The topological polar surface area (TPSA) is 54.9 Å². The standard InChI is InChI=1S/C11H7ClFN3O/c12-7-3-4-9(13)8(6-7)11(17)15-10-2-1-5-14-16-10/h1-6H,(H,15,16,17). The summed E-state index contributed by atoms with van der Waals surface area (Å²) in [5.74, 6) is -1.02. The lowest BCUT2D eigenvalue weighted by Gasteiger charge is -2.04. The number of aromatic nitrogens is 2. The van der Waals surface area contributed by atoms with Crippen molar-refractivity contribution in [2.75, 3.05) is 5.32 Å². The number of halogens is 2. The van der Waals surface area contributed by atoms with Gasteiger partial charge in [-0.15, -0.1) is 5.10 Å². The highest BCUT2D eigenvalue weighted by atomic mass is 35.5. The Balaban J connectivity index is 2.23. The Morgan fingerprint density at radius 3 is 2.88 bits per heavy atom. The van der Waals surface area contributed by atoms with Crippen LogP contribution in [0.5, 0.6) is 0 Å². The van der Waals surface area contributed by atoms with Crippen LogP contribution in [-0.4, -0.2) is 16.1 Å². The number of carbonyl (C=O) groups excluding carboxylic acids is 1. The molecule has 0 saturated heterocycles. The van der Waals surface area contributed by atoms with Crippen molar-refractivity contribution in [3.8, 4) is 0 Å². The molecule has 0 spiro atoms. The molecular weight excluding hydrogens is 245 g/mol. The lowest BCUT2D eigenvalue weighted by atomic mass is 10.2. The van der Waals surface area contributed by atoms with Gasteiger partial charge in [-0.3, -0.25) is 4.79 Å². The van der Waals surface area contributed by atoms with E-state index in [9.17, 15) is 9.18 Å². The van der Waals surface area contributed by atoms with E-state index in [2.05, 4.69) is 15.5 Å². The Hall–Kier alpha value is -2.01. The van der Waals surface area contributed by atoms with Crippen LogP contribution in [0.4, 0.5) is 10.2 Å². The maximum Gasteiger partial charge on any atom is 0.259 e. The molecule has 1 heterocycles. The van der Waals surface area contributed by atoms with Crippen LogP contribution in [0.1, 0.15) is 10.4 Å². The average Bonchev–Trinajstić information content (AvgIpc) is 2.33. The molecule has 0 atom stereocenters. The highest BCUT2D eigenvalue weighted by Gasteiger charge is 2.12. The van der Waals surface area contributed by atoms with E-state index in [1.807, 2.05) is 0 Å². The van der Waals surface area contributed by atoms with Gasteiger partial charge < -0.3 is 5.32 Å². The van der Waals surface area contributed by atoms with Crippen molar-refractivity contribution >= 4 is 23.3 Å². The number of hydrogen-bond acceptors (Lipinski definition) is 3. The van der Waals surface area contributed by atoms with Gasteiger partial charge in [-0.05, 0) is 30.3 Å². The monoisotopic (exact) mass is 251 g/mol. The number of amides is 1. The van der Waals surface area contributed by atoms with Gasteiger partial charge >= 0.3 is 0 Å². The van der Waals surface area contributed by atoms with Gasteiger partial charge in [0, 0.05) is 11.2 Å². The molecule has 0 radical (unpaired) electrons. The van der Waals surface area contributed by atoms with E-state index in [1.54, 1.807) is 12.1 Å². The highest BCUT2D eigenvalue weighted by Crippen LogP contribution is 2.15. The Bertz CT molecular complexity index is 548. The third-order valence-electron chi connectivity index (χ3n) is 1.99. The second-order valence-corrected chi connectivity index (χ2v) is 3.62. The molecule has 0 fully saturated rings. The predicted molar refractivity (Wildman–Crippen MR) is 61.4 cm³/mol. The largest absolute Gasteiger partial charge is 0.305 e. The van der Waals surface area contributed by atoms with Crippen LogP contribution in [0, 0.1) is 5.82 Å². The van der Waals surface area contributed by atoms with Crippen LogP contribution >= 0.6 is 11.6 Å². The minimum absolute atomic E-state index is 0.136. The van der Waals surface area contributed by atoms with Crippen LogP contribution < -0.4 is 5.32 Å². The van der Waals surface area contributed by atoms with Crippen LogP contribution in [-0.2, 0) is 0 Å². The predicted octanol–water partition coefficient (Wildman–Crippen LogP) is 2.52. The van der Waals surface area contributed by atoms with Gasteiger partial charge in [0.2, 0.25) is 0 Å². The van der Waals surface area contributed by atoms with Gasteiger partial charge in [0.15, 0.2) is 5.82 Å². The Morgan fingerprint density at radius 2 is 2.18 bits per heavy atom. The van der Waals surface area contributed by atoms with Crippen LogP contribution in [0.25, 0.3) is 0 Å². The molecule has 1 aromatic heterocycles. The third kappa shape index (κ3) is 2.76. The van der Waals surface area contributed by atoms with Crippen molar-refractivity contribution in [3.05, 3.63) is 52.9 Å². The summed E-state index contributed by atoms with van der Waals surface area (Å²) in [5.41, 5.74) is -0.136. The maximum absolute atomic E-state index is 13.4. The molecule has 1 amide bonds. The van der Waals surface area contributed by atoms with Gasteiger partial charge in [0.1, 0.15) is 5.82 Å². The van der Waals surface area contributed by atoms with Crippen LogP contribution in [0.2, 0.25) is 5.02 Å². The summed E-state index contributed by atoms with van der Waals surface area (Å²) >= 11 is 5.69. The first-order chi connectivity index (χ1) is 8.16. The summed E-state index contributed by atoms with van der Waals surface area (Å²) in [6.45, 7) is 0. The van der Waals surface area contributed by atoms with E-state index in [1.165, 1.54) is 18.3 Å². The van der Waals surface area contributed by atoms with Crippen molar-refractivity contribution in [1.29, 1.82) is 0 Å². The summed E-state index contributed by atoms with van der Waals surface area (Å²) < 4.78 is 13.4. The minimum Gasteiger partial charge on any atom is -0.305 e. The number of nitrogens with one attached hydrogen (secondary N) is 1. The molecule has 0 aliphatic carbocycles. The summed E-state index contributed by atoms with van der Waals surface area (Å²) in [7, 11) is 0. The number of hydrogen-bond donors (Lipinski definition) is 1. The first kappa shape index (κ1) is 11.5. The van der Waals surface area contributed by atoms with E-state index >= 15 is 0 Å². The van der Waals surface area contributed by atoms with Crippen molar-refractivity contribution in [2.45, 2.75) is 0 Å². The van der Waals surface area contributed by atoms with Crippen molar-refractivity contribution in [3.63, 3.8) is 0 Å². The fourth-order valence-electron chi connectivity index (χ4n) is 1.22. The number of nitrogens with zero attached hydrogens (tertiary/aromatic N) is 2. The number of carbonyl (C=O) groups is 1. The molecule has 4 nitrogen and oxygen atoms in total. The van der Waals surface area contributed by atoms with Crippen molar-refractivity contribution < 1.29 is 9.18 Å². The lowest BCUT2D eigenvalue weighted by molar-refractivity contribution is 0.102. The molecule has 0 aliphatic heterocycles. The van der Waals surface area contributed by atoms with E-state index in [0.29, 0.717) is 0 Å². The van der Waals surface area contributed by atoms with E-state index in [4.69, 9.17) is 11.6 Å². The Labute approximate surface area is 101 Å². The first-order valence-electron chi connectivity index (χ1n) is 4.71. The lowest BCUT2D eigenvalue weighted by Crippen LogP contribution is -2.14. The molecule has 1 aromatic carbocycles. The average molecular weight is 252 g/mol. The molecule has 0 bridgehead atoms. The summed E-state index contributed by atoms with van der Waals surface area (Å²) in [4.78, 5) is 11.7. The summed E-state index contributed by atoms with van der Waals surface area (Å²) in [6.07, 6.45) is 1.47. The molecular formula is C11H7ClFN3O. The Kier molecular flexibility index (Phi) is 3.30. The number of rotatable bonds is 2. The van der Waals surface area contributed by atoms with Gasteiger partial charge in [-0.2, -0.15) is 5.10 Å². The molecule has 2 rings (SSSR count). The highest BCUT2D eigenvalue weighted by molar-refractivity contribution is 6.31. The number of benzene rings is 1. The summed E-state index contributed by atoms with van der Waals surface area (Å²) in [6, 6.07) is 6.91. The Morgan fingerprint density at radius 1 is 1.35 bits per heavy atom. The zero-order chi connectivity index (χ0) is 12.3. The third-order valence-corrected chi connectivity index (χ3v) is 2.22. The summed E-state index contributed by atoms with van der Waals surface area (Å²) in [5, 5.41) is 9.95. The van der Waals surface area contributed by atoms with Crippen molar-refractivity contribution in [2.24, 2.45) is 0 Å². The molecule has 0 unspecified atom stereocenters. The second kappa shape index (κ2) is 4.88. The zero-order valence-electron chi connectivity index (χ0n) is 8.52. The van der Waals surface area contributed by atoms with Crippen molar-refractivity contribution in [1.82, 2.24) is 10.2 Å². The van der Waals surface area contributed by atoms with E-state index < -0.39 is 11.7 Å². The number of anilines is 1. The zero-order valence-corrected chi connectivity index (χ0v) is 9.28. The first-order valence-corrected chi connectivity index (χ1v) is 5.09. The quantitative estimate of drug-likeness (QED) is 0.892. The SMILES string of the molecule is O=C(Nc1cccnn1)c1cc(Cl)ccc1F. The van der Waals surface area contributed by atoms with E-state index in [0.717, 1.165) is 6.07 Å². The van der Waals surface area contributed by atoms with Gasteiger partial charge in [-0.25, -0.2) is 4.39 Å². The minimum atomic E-state index is -0.643. The fourth-order valence-corrected chi connectivity index (χ4v) is 1.40. The maximum atomic E-state index is 13.4. The fraction of sp³-hybridized carbons (Fsp3) is 0. The molecule has 0 saturated carbocycles. The second-order valence-electron chi connectivity index (χ2n) is 3.19. The smallest absolute Gasteiger partial charge is 0.259 e. The normalized spacial score (nSPS) is 10.0. The molecule has 17 heavy (non-hydrogen) atoms. The molecule has 2 aromatic rings. The van der Waals surface area contributed by atoms with E-state index in [-0.39, 0.29) is 16.4 Å². The van der Waals surface area contributed by atoms with Gasteiger partial charge in [0.05, 0.1) is 5.56 Å². The van der Waals surface area contributed by atoms with Crippen LogP contribution in [0.15, 0.2) is 36.5 Å². The van der Waals surface area contributed by atoms with Crippen LogP contribution in [0.3, 0.4) is 0 Å². The van der Waals surface area contributed by atoms with Gasteiger partial charge in [0.25, 0.3) is 5.91 Å².